The van der Waals surface area contributed by atoms with Crippen LogP contribution in [0.25, 0.3) is 10.2 Å². The zero-order chi connectivity index (χ0) is 22.7. The summed E-state index contributed by atoms with van der Waals surface area (Å²) >= 11 is 1.50. The molecule has 0 radical (unpaired) electrons. The number of thiazole rings is 1. The minimum atomic E-state index is -0.0470. The molecule has 0 atom stereocenters. The Labute approximate surface area is 205 Å². The lowest BCUT2D eigenvalue weighted by molar-refractivity contribution is 0.0985. The van der Waals surface area contributed by atoms with E-state index in [1.165, 1.54) is 11.3 Å². The molecule has 2 aromatic carbocycles. The number of hydrogen-bond acceptors (Lipinski definition) is 7. The standard InChI is InChI=1S/C24H30N4O3S.ClH/c1-5-27(6-2)18-9-7-17(8-10-18)23(29)28(12-11-26(3)4)24-25-19-15-20-21(16-22(19)32-24)31-14-13-30-20;/h7-10,15-16H,5-6,11-14H2,1-4H3;1H. The van der Waals surface area contributed by atoms with Crippen LogP contribution in [0.2, 0.25) is 0 Å². The van der Waals surface area contributed by atoms with Gasteiger partial charge < -0.3 is 19.3 Å². The van der Waals surface area contributed by atoms with Crippen molar-refractivity contribution in [2.45, 2.75) is 13.8 Å². The van der Waals surface area contributed by atoms with Crippen molar-refractivity contribution in [1.82, 2.24) is 9.88 Å². The summed E-state index contributed by atoms with van der Waals surface area (Å²) in [5.74, 6) is 1.39. The Morgan fingerprint density at radius 1 is 1.00 bits per heavy atom. The van der Waals surface area contributed by atoms with Crippen LogP contribution in [0.4, 0.5) is 10.8 Å². The molecule has 9 heteroatoms. The molecule has 7 nitrogen and oxygen atoms in total. The maximum Gasteiger partial charge on any atom is 0.260 e. The molecule has 0 saturated heterocycles. The minimum Gasteiger partial charge on any atom is -0.486 e. The van der Waals surface area contributed by atoms with Gasteiger partial charge in [-0.3, -0.25) is 9.69 Å². The van der Waals surface area contributed by atoms with Gasteiger partial charge in [-0.05, 0) is 52.2 Å². The fourth-order valence-corrected chi connectivity index (χ4v) is 4.71. The molecule has 0 aliphatic carbocycles. The molecule has 0 fully saturated rings. The number of likely N-dealkylation sites (N-methyl/N-ethyl adjacent to an activating group) is 1. The zero-order valence-corrected chi connectivity index (χ0v) is 21.2. The molecule has 4 rings (SSSR count). The second-order valence-corrected chi connectivity index (χ2v) is 8.95. The molecule has 0 unspecified atom stereocenters. The van der Waals surface area contributed by atoms with E-state index in [1.807, 2.05) is 50.5 Å². The first-order valence-corrected chi connectivity index (χ1v) is 11.8. The van der Waals surface area contributed by atoms with Crippen molar-refractivity contribution in [2.75, 3.05) is 63.3 Å². The van der Waals surface area contributed by atoms with E-state index in [0.717, 1.165) is 41.3 Å². The van der Waals surface area contributed by atoms with Crippen LogP contribution >= 0.6 is 23.7 Å². The van der Waals surface area contributed by atoms with Crippen molar-refractivity contribution >= 4 is 50.7 Å². The number of hydrogen-bond donors (Lipinski definition) is 0. The predicted molar refractivity (Wildman–Crippen MR) is 138 cm³/mol. The highest BCUT2D eigenvalue weighted by Gasteiger charge is 2.23. The van der Waals surface area contributed by atoms with Crippen molar-refractivity contribution in [3.8, 4) is 11.5 Å². The lowest BCUT2D eigenvalue weighted by atomic mass is 10.1. The topological polar surface area (TPSA) is 58.1 Å². The summed E-state index contributed by atoms with van der Waals surface area (Å²) in [6.45, 7) is 8.49. The molecule has 1 amide bonds. The Morgan fingerprint density at radius 3 is 2.24 bits per heavy atom. The molecular formula is C24H31ClN4O3S. The van der Waals surface area contributed by atoms with E-state index in [2.05, 4.69) is 23.6 Å². The number of anilines is 2. The van der Waals surface area contributed by atoms with Gasteiger partial charge in [0.15, 0.2) is 16.6 Å². The number of carbonyl (C=O) groups is 1. The molecule has 33 heavy (non-hydrogen) atoms. The van der Waals surface area contributed by atoms with Gasteiger partial charge in [0, 0.05) is 49.6 Å². The molecule has 0 saturated carbocycles. The van der Waals surface area contributed by atoms with E-state index >= 15 is 0 Å². The highest BCUT2D eigenvalue weighted by Crippen LogP contribution is 2.39. The Morgan fingerprint density at radius 2 is 1.64 bits per heavy atom. The van der Waals surface area contributed by atoms with Gasteiger partial charge in [0.05, 0.1) is 10.2 Å². The SMILES string of the molecule is CCN(CC)c1ccc(C(=O)N(CCN(C)C)c2nc3cc4c(cc3s2)OCCO4)cc1.Cl. The number of halogens is 1. The van der Waals surface area contributed by atoms with Crippen molar-refractivity contribution in [1.29, 1.82) is 0 Å². The monoisotopic (exact) mass is 490 g/mol. The molecule has 0 spiro atoms. The van der Waals surface area contributed by atoms with Gasteiger partial charge in [0.1, 0.15) is 13.2 Å². The van der Waals surface area contributed by atoms with E-state index in [-0.39, 0.29) is 18.3 Å². The molecule has 2 heterocycles. The number of fused-ring (bicyclic) bond motifs is 2. The van der Waals surface area contributed by atoms with Gasteiger partial charge in [0.25, 0.3) is 5.91 Å². The highest BCUT2D eigenvalue weighted by molar-refractivity contribution is 7.22. The minimum absolute atomic E-state index is 0. The third kappa shape index (κ3) is 5.51. The Bertz CT molecular complexity index is 1040. The fraction of sp³-hybridized carbons (Fsp3) is 0.417. The predicted octanol–water partition coefficient (Wildman–Crippen LogP) is 4.54. The van der Waals surface area contributed by atoms with Crippen LogP contribution in [0.1, 0.15) is 24.2 Å². The summed E-state index contributed by atoms with van der Waals surface area (Å²) in [5, 5.41) is 0.682. The Balaban J connectivity index is 0.00000306. The van der Waals surface area contributed by atoms with Crippen LogP contribution in [-0.4, -0.2) is 69.3 Å². The van der Waals surface area contributed by atoms with Crippen LogP contribution in [0.5, 0.6) is 11.5 Å². The number of nitrogens with zero attached hydrogens (tertiary/aromatic N) is 4. The van der Waals surface area contributed by atoms with E-state index in [1.54, 1.807) is 4.90 Å². The highest BCUT2D eigenvalue weighted by atomic mass is 35.5. The first-order chi connectivity index (χ1) is 15.5. The van der Waals surface area contributed by atoms with Crippen LogP contribution in [-0.2, 0) is 0 Å². The van der Waals surface area contributed by atoms with Crippen LogP contribution < -0.4 is 19.3 Å². The normalized spacial score (nSPS) is 12.5. The smallest absolute Gasteiger partial charge is 0.260 e. The van der Waals surface area contributed by atoms with Gasteiger partial charge in [-0.1, -0.05) is 11.3 Å². The molecule has 0 bridgehead atoms. The fourth-order valence-electron chi connectivity index (χ4n) is 3.71. The second-order valence-electron chi connectivity index (χ2n) is 7.94. The summed E-state index contributed by atoms with van der Waals surface area (Å²) in [6, 6.07) is 11.7. The summed E-state index contributed by atoms with van der Waals surface area (Å²) in [4.78, 5) is 24.4. The number of ether oxygens (including phenoxy) is 2. The Hall–Kier alpha value is -2.55. The van der Waals surface area contributed by atoms with Crippen molar-refractivity contribution in [3.05, 3.63) is 42.0 Å². The third-order valence-electron chi connectivity index (χ3n) is 5.53. The summed E-state index contributed by atoms with van der Waals surface area (Å²) in [7, 11) is 4.01. The number of amides is 1. The number of benzene rings is 2. The average molecular weight is 491 g/mol. The van der Waals surface area contributed by atoms with Crippen LogP contribution in [0.15, 0.2) is 36.4 Å². The van der Waals surface area contributed by atoms with Gasteiger partial charge >= 0.3 is 0 Å². The summed E-state index contributed by atoms with van der Waals surface area (Å²) in [6.07, 6.45) is 0. The van der Waals surface area contributed by atoms with E-state index < -0.39 is 0 Å². The summed E-state index contributed by atoms with van der Waals surface area (Å²) < 4.78 is 12.4. The maximum absolute atomic E-state index is 13.5. The van der Waals surface area contributed by atoms with E-state index in [4.69, 9.17) is 14.5 Å². The molecule has 1 aliphatic rings. The molecular weight excluding hydrogens is 460 g/mol. The largest absolute Gasteiger partial charge is 0.486 e. The molecule has 178 valence electrons. The zero-order valence-electron chi connectivity index (χ0n) is 19.5. The lowest BCUT2D eigenvalue weighted by Gasteiger charge is -2.23. The summed E-state index contributed by atoms with van der Waals surface area (Å²) in [5.41, 5.74) is 2.59. The molecule has 0 N–H and O–H groups in total. The Kier molecular flexibility index (Phi) is 8.40. The lowest BCUT2D eigenvalue weighted by Crippen LogP contribution is -2.36. The van der Waals surface area contributed by atoms with Crippen molar-refractivity contribution in [3.63, 3.8) is 0 Å². The van der Waals surface area contributed by atoms with Crippen molar-refractivity contribution in [2.24, 2.45) is 0 Å². The van der Waals surface area contributed by atoms with Crippen molar-refractivity contribution < 1.29 is 14.3 Å². The van der Waals surface area contributed by atoms with Crippen LogP contribution in [0.3, 0.4) is 0 Å². The molecule has 1 aliphatic heterocycles. The maximum atomic E-state index is 13.5. The van der Waals surface area contributed by atoms with E-state index in [0.29, 0.717) is 36.2 Å². The quantitative estimate of drug-likeness (QED) is 0.462. The first kappa shape index (κ1) is 25.1. The number of rotatable bonds is 8. The van der Waals surface area contributed by atoms with Gasteiger partial charge in [-0.2, -0.15) is 0 Å². The first-order valence-electron chi connectivity index (χ1n) is 11.0. The number of aromatic nitrogens is 1. The van der Waals surface area contributed by atoms with Gasteiger partial charge in [-0.15, -0.1) is 12.4 Å². The third-order valence-corrected chi connectivity index (χ3v) is 6.57. The average Bonchev–Trinajstić information content (AvgIpc) is 3.21. The number of carbonyl (C=O) groups excluding carboxylic acids is 1. The van der Waals surface area contributed by atoms with E-state index in [9.17, 15) is 4.79 Å². The van der Waals surface area contributed by atoms with Gasteiger partial charge in [0.2, 0.25) is 0 Å². The molecule has 3 aromatic rings. The van der Waals surface area contributed by atoms with Crippen LogP contribution in [0, 0.1) is 0 Å². The molecule has 1 aromatic heterocycles. The second kappa shape index (κ2) is 11.0. The van der Waals surface area contributed by atoms with Gasteiger partial charge in [-0.25, -0.2) is 4.98 Å².